The Morgan fingerprint density at radius 1 is 1.40 bits per heavy atom. The van der Waals surface area contributed by atoms with E-state index in [1.54, 1.807) is 24.3 Å². The molecule has 0 aliphatic rings. The standard InChI is InChI=1S/C14H15N3O2S/c1-9(2)7-10-8-13(20)16-14(15-10)11-5-3-4-6-12(11)17(18)19/h3-6,8-9H,7H2,1-2H3,(H,15,16,20). The fraction of sp³-hybridized carbons (Fsp3) is 0.286. The Bertz CT molecular complexity index is 695. The van der Waals surface area contributed by atoms with E-state index in [-0.39, 0.29) is 5.69 Å². The second-order valence-electron chi connectivity index (χ2n) is 4.97. The van der Waals surface area contributed by atoms with E-state index in [0.717, 1.165) is 12.1 Å². The van der Waals surface area contributed by atoms with Crippen molar-refractivity contribution >= 4 is 17.9 Å². The van der Waals surface area contributed by atoms with Gasteiger partial charge >= 0.3 is 0 Å². The Balaban J connectivity index is 2.56. The van der Waals surface area contributed by atoms with Crippen LogP contribution in [0.5, 0.6) is 0 Å². The van der Waals surface area contributed by atoms with Gasteiger partial charge in [-0.1, -0.05) is 38.2 Å². The van der Waals surface area contributed by atoms with Gasteiger partial charge in [0.1, 0.15) is 10.5 Å². The molecule has 104 valence electrons. The molecule has 1 N–H and O–H groups in total. The molecule has 0 saturated carbocycles. The van der Waals surface area contributed by atoms with Gasteiger partial charge in [0.25, 0.3) is 5.69 Å². The third kappa shape index (κ3) is 3.27. The molecule has 1 heterocycles. The molecule has 20 heavy (non-hydrogen) atoms. The first-order valence-corrected chi connectivity index (χ1v) is 6.72. The highest BCUT2D eigenvalue weighted by molar-refractivity contribution is 7.71. The summed E-state index contributed by atoms with van der Waals surface area (Å²) < 4.78 is 0.438. The van der Waals surface area contributed by atoms with Crippen LogP contribution in [-0.2, 0) is 6.42 Å². The lowest BCUT2D eigenvalue weighted by atomic mass is 10.1. The third-order valence-electron chi connectivity index (χ3n) is 2.78. The van der Waals surface area contributed by atoms with Gasteiger partial charge in [-0.2, -0.15) is 0 Å². The van der Waals surface area contributed by atoms with Gasteiger partial charge in [-0.15, -0.1) is 0 Å². The summed E-state index contributed by atoms with van der Waals surface area (Å²) in [5.74, 6) is 0.905. The van der Waals surface area contributed by atoms with E-state index in [9.17, 15) is 10.1 Å². The zero-order valence-electron chi connectivity index (χ0n) is 11.3. The lowest BCUT2D eigenvalue weighted by Crippen LogP contribution is -2.02. The largest absolute Gasteiger partial charge is 0.343 e. The van der Waals surface area contributed by atoms with Gasteiger partial charge in [0.2, 0.25) is 0 Å². The smallest absolute Gasteiger partial charge is 0.280 e. The maximum absolute atomic E-state index is 11.1. The minimum atomic E-state index is -0.414. The van der Waals surface area contributed by atoms with Crippen LogP contribution in [0, 0.1) is 20.7 Å². The number of benzene rings is 1. The van der Waals surface area contributed by atoms with Crippen molar-refractivity contribution in [3.8, 4) is 11.4 Å². The predicted molar refractivity (Wildman–Crippen MR) is 80.1 cm³/mol. The second kappa shape index (κ2) is 5.92. The van der Waals surface area contributed by atoms with Crippen molar-refractivity contribution in [2.75, 3.05) is 0 Å². The molecular formula is C14H15N3O2S. The number of nitro benzene ring substituents is 1. The van der Waals surface area contributed by atoms with E-state index < -0.39 is 4.92 Å². The maximum atomic E-state index is 11.1. The van der Waals surface area contributed by atoms with Crippen LogP contribution >= 0.6 is 12.2 Å². The van der Waals surface area contributed by atoms with Crippen LogP contribution in [0.25, 0.3) is 11.4 Å². The van der Waals surface area contributed by atoms with Crippen LogP contribution in [0.15, 0.2) is 30.3 Å². The summed E-state index contributed by atoms with van der Waals surface area (Å²) in [4.78, 5) is 18.0. The molecule has 0 atom stereocenters. The predicted octanol–water partition coefficient (Wildman–Crippen LogP) is 3.91. The first kappa shape index (κ1) is 14.3. The first-order chi connectivity index (χ1) is 9.47. The summed E-state index contributed by atoms with van der Waals surface area (Å²) in [6, 6.07) is 8.31. The number of H-pyrrole nitrogens is 1. The summed E-state index contributed by atoms with van der Waals surface area (Å²) in [6.07, 6.45) is 0.819. The van der Waals surface area contributed by atoms with Crippen molar-refractivity contribution in [3.05, 3.63) is 50.8 Å². The van der Waals surface area contributed by atoms with Gasteiger partial charge in [0.15, 0.2) is 0 Å². The highest BCUT2D eigenvalue weighted by Gasteiger charge is 2.16. The van der Waals surface area contributed by atoms with Crippen molar-refractivity contribution in [2.45, 2.75) is 20.3 Å². The van der Waals surface area contributed by atoms with Crippen molar-refractivity contribution in [1.82, 2.24) is 9.97 Å². The van der Waals surface area contributed by atoms with E-state index in [0.29, 0.717) is 21.9 Å². The quantitative estimate of drug-likeness (QED) is 0.526. The average Bonchev–Trinajstić information content (AvgIpc) is 2.37. The highest BCUT2D eigenvalue weighted by atomic mass is 32.1. The molecule has 0 amide bonds. The van der Waals surface area contributed by atoms with Crippen LogP contribution in [-0.4, -0.2) is 14.9 Å². The Kier molecular flexibility index (Phi) is 4.24. The maximum Gasteiger partial charge on any atom is 0.280 e. The molecule has 0 spiro atoms. The lowest BCUT2D eigenvalue weighted by Gasteiger charge is -2.08. The zero-order chi connectivity index (χ0) is 14.7. The first-order valence-electron chi connectivity index (χ1n) is 6.31. The Hall–Kier alpha value is -2.08. The number of para-hydroxylation sites is 1. The average molecular weight is 289 g/mol. The number of nitrogens with one attached hydrogen (secondary N) is 1. The van der Waals surface area contributed by atoms with Gasteiger partial charge in [-0.05, 0) is 24.5 Å². The van der Waals surface area contributed by atoms with Gasteiger partial charge in [-0.25, -0.2) is 4.98 Å². The van der Waals surface area contributed by atoms with E-state index >= 15 is 0 Å². The van der Waals surface area contributed by atoms with E-state index in [4.69, 9.17) is 12.2 Å². The molecule has 0 saturated heterocycles. The number of nitrogens with zero attached hydrogens (tertiary/aromatic N) is 2. The second-order valence-corrected chi connectivity index (χ2v) is 5.38. The van der Waals surface area contributed by atoms with E-state index in [1.165, 1.54) is 6.07 Å². The molecule has 0 fully saturated rings. The number of rotatable bonds is 4. The van der Waals surface area contributed by atoms with Crippen molar-refractivity contribution in [2.24, 2.45) is 5.92 Å². The highest BCUT2D eigenvalue weighted by Crippen LogP contribution is 2.27. The van der Waals surface area contributed by atoms with E-state index in [1.807, 2.05) is 0 Å². The monoisotopic (exact) mass is 289 g/mol. The molecule has 0 bridgehead atoms. The summed E-state index contributed by atoms with van der Waals surface area (Å²) in [5.41, 5.74) is 1.41. The molecule has 0 radical (unpaired) electrons. The molecule has 0 aliphatic heterocycles. The number of nitro groups is 1. The summed E-state index contributed by atoms with van der Waals surface area (Å²) >= 11 is 5.15. The Labute approximate surface area is 121 Å². The number of hydrogen-bond donors (Lipinski definition) is 1. The number of hydrogen-bond acceptors (Lipinski definition) is 4. The Morgan fingerprint density at radius 3 is 2.75 bits per heavy atom. The van der Waals surface area contributed by atoms with Gasteiger partial charge in [0.05, 0.1) is 10.5 Å². The SMILES string of the molecule is CC(C)Cc1cc(=S)nc(-c2ccccc2[N+](=O)[O-])[nH]1. The normalized spacial score (nSPS) is 10.8. The molecule has 0 unspecified atom stereocenters. The zero-order valence-corrected chi connectivity index (χ0v) is 12.1. The Morgan fingerprint density at radius 2 is 2.10 bits per heavy atom. The molecule has 1 aromatic heterocycles. The molecule has 2 aromatic rings. The molecule has 2 rings (SSSR count). The fourth-order valence-electron chi connectivity index (χ4n) is 2.02. The fourth-order valence-corrected chi connectivity index (χ4v) is 2.25. The minimum absolute atomic E-state index is 0.0207. The van der Waals surface area contributed by atoms with Gasteiger partial charge in [-0.3, -0.25) is 10.1 Å². The number of aromatic amines is 1. The molecular weight excluding hydrogens is 274 g/mol. The molecule has 6 heteroatoms. The topological polar surface area (TPSA) is 71.8 Å². The summed E-state index contributed by atoms with van der Waals surface area (Å²) in [6.45, 7) is 4.20. The van der Waals surface area contributed by atoms with Gasteiger partial charge < -0.3 is 4.98 Å². The van der Waals surface area contributed by atoms with Crippen LogP contribution in [0.4, 0.5) is 5.69 Å². The van der Waals surface area contributed by atoms with Crippen LogP contribution in [0.2, 0.25) is 0 Å². The summed E-state index contributed by atoms with van der Waals surface area (Å²) in [7, 11) is 0. The summed E-state index contributed by atoms with van der Waals surface area (Å²) in [5, 5.41) is 11.1. The van der Waals surface area contributed by atoms with Crippen LogP contribution < -0.4 is 0 Å². The van der Waals surface area contributed by atoms with Crippen LogP contribution in [0.1, 0.15) is 19.5 Å². The molecule has 5 nitrogen and oxygen atoms in total. The molecule has 0 aliphatic carbocycles. The minimum Gasteiger partial charge on any atom is -0.343 e. The number of aromatic nitrogens is 2. The van der Waals surface area contributed by atoms with Gasteiger partial charge in [0, 0.05) is 11.8 Å². The molecule has 1 aromatic carbocycles. The van der Waals surface area contributed by atoms with Crippen LogP contribution in [0.3, 0.4) is 0 Å². The van der Waals surface area contributed by atoms with E-state index in [2.05, 4.69) is 23.8 Å². The van der Waals surface area contributed by atoms with Crippen molar-refractivity contribution in [1.29, 1.82) is 0 Å². The third-order valence-corrected chi connectivity index (χ3v) is 2.99. The lowest BCUT2D eigenvalue weighted by molar-refractivity contribution is -0.384. The van der Waals surface area contributed by atoms with Crippen molar-refractivity contribution in [3.63, 3.8) is 0 Å². The van der Waals surface area contributed by atoms with Crippen molar-refractivity contribution < 1.29 is 4.92 Å².